The molecule has 224 valence electrons. The van der Waals surface area contributed by atoms with Crippen molar-refractivity contribution in [1.82, 2.24) is 0 Å². The summed E-state index contributed by atoms with van der Waals surface area (Å²) in [6, 6.07) is 52.6. The van der Waals surface area contributed by atoms with Crippen molar-refractivity contribution >= 4 is 27.8 Å². The summed E-state index contributed by atoms with van der Waals surface area (Å²) < 4.78 is 0. The maximum atomic E-state index is 2.50. The van der Waals surface area contributed by atoms with Crippen LogP contribution < -0.4 is 4.90 Å². The van der Waals surface area contributed by atoms with Crippen LogP contribution in [0.4, 0.5) is 17.1 Å². The lowest BCUT2D eigenvalue weighted by Crippen LogP contribution is -2.18. The average Bonchev–Trinajstić information content (AvgIpc) is 3.63. The lowest BCUT2D eigenvalue weighted by Gasteiger charge is -2.30. The summed E-state index contributed by atoms with van der Waals surface area (Å²) in [6.07, 6.45) is 0. The third-order valence-corrected chi connectivity index (χ3v) is 11.4. The van der Waals surface area contributed by atoms with Crippen LogP contribution in [-0.4, -0.2) is 0 Å². The predicted molar refractivity (Wildman–Crippen MR) is 198 cm³/mol. The van der Waals surface area contributed by atoms with E-state index in [4.69, 9.17) is 0 Å². The van der Waals surface area contributed by atoms with Gasteiger partial charge in [-0.15, -0.1) is 0 Å². The first-order chi connectivity index (χ1) is 22.8. The lowest BCUT2D eigenvalue weighted by molar-refractivity contribution is 0.660. The number of nitrogens with zero attached hydrogens (tertiary/aromatic N) is 1. The molecule has 1 nitrogen and oxygen atoms in total. The molecule has 0 aliphatic heterocycles. The van der Waals surface area contributed by atoms with Gasteiger partial charge in [-0.25, -0.2) is 0 Å². The zero-order valence-electron chi connectivity index (χ0n) is 27.2. The van der Waals surface area contributed by atoms with E-state index in [1.54, 1.807) is 0 Å². The molecule has 0 saturated carbocycles. The number of rotatable bonds is 3. The molecule has 0 saturated heterocycles. The normalized spacial score (nSPS) is 15.1. The molecule has 3 aliphatic carbocycles. The van der Waals surface area contributed by atoms with Gasteiger partial charge in [0.15, 0.2) is 0 Å². The zero-order chi connectivity index (χ0) is 31.7. The number of anilines is 3. The van der Waals surface area contributed by atoms with Crippen LogP contribution in [-0.2, 0) is 10.8 Å². The first-order valence-electron chi connectivity index (χ1n) is 16.8. The minimum absolute atomic E-state index is 0.0829. The summed E-state index contributed by atoms with van der Waals surface area (Å²) in [5, 5.41) is 2.63. The van der Waals surface area contributed by atoms with Crippen LogP contribution in [0.25, 0.3) is 55.3 Å². The van der Waals surface area contributed by atoms with Crippen molar-refractivity contribution in [2.75, 3.05) is 4.90 Å². The number of hydrogen-bond acceptors (Lipinski definition) is 1. The van der Waals surface area contributed by atoms with E-state index in [0.717, 1.165) is 0 Å². The van der Waals surface area contributed by atoms with E-state index in [0.29, 0.717) is 0 Å². The predicted octanol–water partition coefficient (Wildman–Crippen LogP) is 12.6. The van der Waals surface area contributed by atoms with Crippen LogP contribution in [0.2, 0.25) is 0 Å². The molecule has 3 aliphatic rings. The smallest absolute Gasteiger partial charge is 0.0474 e. The number of hydrogen-bond donors (Lipinski definition) is 0. The second-order valence-corrected chi connectivity index (χ2v) is 14.6. The van der Waals surface area contributed by atoms with Crippen LogP contribution in [0.1, 0.15) is 49.9 Å². The van der Waals surface area contributed by atoms with Crippen molar-refractivity contribution in [3.63, 3.8) is 0 Å². The maximum absolute atomic E-state index is 2.50. The average molecular weight is 602 g/mol. The van der Waals surface area contributed by atoms with Crippen molar-refractivity contribution in [2.45, 2.75) is 38.5 Å². The van der Waals surface area contributed by atoms with Gasteiger partial charge in [-0.3, -0.25) is 0 Å². The molecule has 7 aromatic carbocycles. The Morgan fingerprint density at radius 1 is 0.340 bits per heavy atom. The topological polar surface area (TPSA) is 3.24 Å². The molecule has 0 N–H and O–H groups in total. The fraction of sp³-hybridized carbons (Fsp3) is 0.130. The van der Waals surface area contributed by atoms with Crippen molar-refractivity contribution in [3.05, 3.63) is 162 Å². The van der Waals surface area contributed by atoms with Gasteiger partial charge in [-0.1, -0.05) is 131 Å². The van der Waals surface area contributed by atoms with Gasteiger partial charge in [-0.05, 0) is 114 Å². The Balaban J connectivity index is 1.23. The summed E-state index contributed by atoms with van der Waals surface area (Å²) in [7, 11) is 0. The maximum Gasteiger partial charge on any atom is 0.0474 e. The number of fused-ring (bicyclic) bond motifs is 9. The van der Waals surface area contributed by atoms with E-state index in [-0.39, 0.29) is 10.8 Å². The van der Waals surface area contributed by atoms with Crippen LogP contribution in [0.3, 0.4) is 0 Å². The van der Waals surface area contributed by atoms with Crippen LogP contribution in [0.5, 0.6) is 0 Å². The monoisotopic (exact) mass is 601 g/mol. The highest BCUT2D eigenvalue weighted by molar-refractivity contribution is 6.16. The molecular formula is C46H35N. The highest BCUT2D eigenvalue weighted by Crippen LogP contribution is 2.54. The SMILES string of the molecule is CC1(C)c2ccccc2-c2ccc(N(c3ccc4c(c3)C(C)(C)c3ccccc3-4)c3cc4c5c(cccc5c3)-c3ccccc3-4)cc21. The fourth-order valence-electron chi connectivity index (χ4n) is 9.04. The number of benzene rings is 7. The van der Waals surface area contributed by atoms with Gasteiger partial charge in [0, 0.05) is 27.9 Å². The molecule has 0 fully saturated rings. The minimum Gasteiger partial charge on any atom is -0.310 e. The van der Waals surface area contributed by atoms with E-state index in [9.17, 15) is 0 Å². The Kier molecular flexibility index (Phi) is 5.19. The summed E-state index contributed by atoms with van der Waals surface area (Å²) in [5.41, 5.74) is 19.6. The van der Waals surface area contributed by atoms with Gasteiger partial charge < -0.3 is 4.90 Å². The molecule has 0 heterocycles. The summed E-state index contributed by atoms with van der Waals surface area (Å²) in [6.45, 7) is 9.48. The van der Waals surface area contributed by atoms with E-state index in [2.05, 4.69) is 172 Å². The summed E-state index contributed by atoms with van der Waals surface area (Å²) in [4.78, 5) is 2.50. The Labute approximate surface area is 276 Å². The molecule has 0 aromatic heterocycles. The molecule has 0 amide bonds. The van der Waals surface area contributed by atoms with Crippen molar-refractivity contribution in [3.8, 4) is 44.5 Å². The van der Waals surface area contributed by atoms with Gasteiger partial charge in [0.25, 0.3) is 0 Å². The van der Waals surface area contributed by atoms with Crippen molar-refractivity contribution in [2.24, 2.45) is 0 Å². The minimum atomic E-state index is -0.0829. The van der Waals surface area contributed by atoms with Gasteiger partial charge in [0.05, 0.1) is 0 Å². The molecule has 10 rings (SSSR count). The summed E-state index contributed by atoms with van der Waals surface area (Å²) in [5.74, 6) is 0. The quantitative estimate of drug-likeness (QED) is 0.195. The molecule has 47 heavy (non-hydrogen) atoms. The van der Waals surface area contributed by atoms with Gasteiger partial charge in [0.2, 0.25) is 0 Å². The van der Waals surface area contributed by atoms with E-state index >= 15 is 0 Å². The van der Waals surface area contributed by atoms with Crippen molar-refractivity contribution < 1.29 is 0 Å². The Morgan fingerprint density at radius 2 is 0.809 bits per heavy atom. The Morgan fingerprint density at radius 3 is 1.38 bits per heavy atom. The van der Waals surface area contributed by atoms with E-state index in [1.807, 2.05) is 0 Å². The highest BCUT2D eigenvalue weighted by atomic mass is 15.1. The molecule has 0 radical (unpaired) electrons. The Bertz CT molecular complexity index is 2370. The second-order valence-electron chi connectivity index (χ2n) is 14.6. The van der Waals surface area contributed by atoms with Crippen LogP contribution in [0, 0.1) is 0 Å². The van der Waals surface area contributed by atoms with Gasteiger partial charge >= 0.3 is 0 Å². The first-order valence-corrected chi connectivity index (χ1v) is 16.8. The van der Waals surface area contributed by atoms with Gasteiger partial charge in [-0.2, -0.15) is 0 Å². The van der Waals surface area contributed by atoms with E-state index < -0.39 is 0 Å². The van der Waals surface area contributed by atoms with Crippen LogP contribution in [0.15, 0.2) is 140 Å². The molecule has 0 bridgehead atoms. The fourth-order valence-corrected chi connectivity index (χ4v) is 9.04. The van der Waals surface area contributed by atoms with Crippen molar-refractivity contribution in [1.29, 1.82) is 0 Å². The third-order valence-electron chi connectivity index (χ3n) is 11.4. The van der Waals surface area contributed by atoms with Gasteiger partial charge in [0.1, 0.15) is 0 Å². The zero-order valence-corrected chi connectivity index (χ0v) is 27.2. The standard InChI is InChI=1S/C46H35N/c1-45(2)40-18-9-7-15-34(40)36-22-20-29(26-42(36)45)47(30-21-23-37-35-16-8-10-19-41(35)46(3,4)43(37)27-30)31-24-28-12-11-17-38-32-13-5-6-14-33(32)39(25-31)44(28)38/h5-27H,1-4H3. The Hall–Kier alpha value is -5.40. The third kappa shape index (κ3) is 3.49. The van der Waals surface area contributed by atoms with Crippen LogP contribution >= 0.6 is 0 Å². The molecule has 0 unspecified atom stereocenters. The molecule has 0 atom stereocenters. The lowest BCUT2D eigenvalue weighted by atomic mass is 9.82. The molecule has 7 aromatic rings. The molecular weight excluding hydrogens is 567 g/mol. The molecule has 1 heteroatoms. The second kappa shape index (κ2) is 9.11. The first kappa shape index (κ1) is 26.8. The summed E-state index contributed by atoms with van der Waals surface area (Å²) >= 11 is 0. The highest BCUT2D eigenvalue weighted by Gasteiger charge is 2.38. The largest absolute Gasteiger partial charge is 0.310 e. The molecule has 0 spiro atoms. The van der Waals surface area contributed by atoms with E-state index in [1.165, 1.54) is 94.6 Å².